The first-order valence-corrected chi connectivity index (χ1v) is 13.6. The molecular formula is C31H35N5O2. The molecule has 38 heavy (non-hydrogen) atoms. The van der Waals surface area contributed by atoms with Crippen molar-refractivity contribution in [1.82, 2.24) is 14.9 Å². The summed E-state index contributed by atoms with van der Waals surface area (Å²) in [4.78, 5) is 14.4. The molecule has 0 radical (unpaired) electrons. The molecule has 0 amide bonds. The summed E-state index contributed by atoms with van der Waals surface area (Å²) in [6.45, 7) is 6.37. The van der Waals surface area contributed by atoms with Crippen LogP contribution in [-0.2, 0) is 11.3 Å². The van der Waals surface area contributed by atoms with Gasteiger partial charge in [0.25, 0.3) is 0 Å². The van der Waals surface area contributed by atoms with Crippen LogP contribution < -0.4 is 15.0 Å². The highest BCUT2D eigenvalue weighted by Crippen LogP contribution is 2.35. The van der Waals surface area contributed by atoms with Crippen molar-refractivity contribution < 1.29 is 9.47 Å². The second-order valence-electron chi connectivity index (χ2n) is 10.1. The lowest BCUT2D eigenvalue weighted by atomic mass is 10.0. The Morgan fingerprint density at radius 3 is 2.55 bits per heavy atom. The molecule has 2 aliphatic heterocycles. The molecule has 3 heterocycles. The van der Waals surface area contributed by atoms with Crippen molar-refractivity contribution in [3.8, 4) is 17.0 Å². The maximum absolute atomic E-state index is 5.62. The van der Waals surface area contributed by atoms with E-state index in [1.807, 2.05) is 18.3 Å². The monoisotopic (exact) mass is 509 g/mol. The van der Waals surface area contributed by atoms with Crippen LogP contribution in [0.1, 0.15) is 18.4 Å². The average Bonchev–Trinajstić information content (AvgIpc) is 2.98. The molecule has 7 nitrogen and oxygen atoms in total. The number of morpholine rings is 1. The normalized spacial score (nSPS) is 17.0. The van der Waals surface area contributed by atoms with Crippen LogP contribution in [0, 0.1) is 0 Å². The Kier molecular flexibility index (Phi) is 7.38. The zero-order valence-electron chi connectivity index (χ0n) is 22.0. The second kappa shape index (κ2) is 11.4. The predicted octanol–water partition coefficient (Wildman–Crippen LogP) is 5.22. The van der Waals surface area contributed by atoms with Crippen LogP contribution in [0.25, 0.3) is 22.0 Å². The maximum atomic E-state index is 5.62. The zero-order valence-corrected chi connectivity index (χ0v) is 22.0. The van der Waals surface area contributed by atoms with Gasteiger partial charge in [0.15, 0.2) is 0 Å². The first kappa shape index (κ1) is 24.6. The fourth-order valence-electron chi connectivity index (χ4n) is 5.51. The van der Waals surface area contributed by atoms with Crippen molar-refractivity contribution in [3.63, 3.8) is 0 Å². The van der Waals surface area contributed by atoms with E-state index in [1.165, 1.54) is 22.0 Å². The van der Waals surface area contributed by atoms with Crippen molar-refractivity contribution in [3.05, 3.63) is 78.5 Å². The Labute approximate surface area is 224 Å². The van der Waals surface area contributed by atoms with Crippen LogP contribution in [0.5, 0.6) is 5.75 Å². The van der Waals surface area contributed by atoms with Gasteiger partial charge < -0.3 is 19.7 Å². The third-order valence-corrected chi connectivity index (χ3v) is 7.61. The highest BCUT2D eigenvalue weighted by Gasteiger charge is 2.21. The highest BCUT2D eigenvalue weighted by atomic mass is 16.5. The number of hydrogen-bond donors (Lipinski definition) is 1. The third-order valence-electron chi connectivity index (χ3n) is 7.61. The summed E-state index contributed by atoms with van der Waals surface area (Å²) in [5.41, 5.74) is 4.59. The molecule has 0 spiro atoms. The molecule has 7 heteroatoms. The first-order chi connectivity index (χ1) is 18.7. The van der Waals surface area contributed by atoms with E-state index >= 15 is 0 Å². The summed E-state index contributed by atoms with van der Waals surface area (Å²) >= 11 is 0. The number of anilines is 2. The fourth-order valence-corrected chi connectivity index (χ4v) is 5.51. The topological polar surface area (TPSA) is 62.8 Å². The van der Waals surface area contributed by atoms with Crippen molar-refractivity contribution in [2.45, 2.75) is 25.4 Å². The van der Waals surface area contributed by atoms with Crippen molar-refractivity contribution in [1.29, 1.82) is 0 Å². The minimum absolute atomic E-state index is 0.380. The summed E-state index contributed by atoms with van der Waals surface area (Å²) < 4.78 is 11.1. The largest absolute Gasteiger partial charge is 0.497 e. The van der Waals surface area contributed by atoms with Gasteiger partial charge in [0.2, 0.25) is 5.95 Å². The van der Waals surface area contributed by atoms with E-state index in [9.17, 15) is 0 Å². The van der Waals surface area contributed by atoms with Crippen LogP contribution >= 0.6 is 0 Å². The molecule has 2 saturated heterocycles. The Hall–Kier alpha value is -3.68. The van der Waals surface area contributed by atoms with Crippen LogP contribution in [0.3, 0.4) is 0 Å². The fraction of sp³-hybridized carbons (Fsp3) is 0.355. The standard InChI is InChI=1S/C31H35N5O2/c1-37-27-8-7-24-19-25(20-30(28(24)21-27)36-15-17-38-18-16-36)29-9-12-32-31(34-29)33-26-10-13-35(14-11-26)22-23-5-3-2-4-6-23/h2-9,12,19-21,26H,10-11,13-18,22H2,1H3,(H,32,33,34). The number of hydrogen-bond acceptors (Lipinski definition) is 7. The van der Waals surface area contributed by atoms with Crippen LogP contribution in [0.4, 0.5) is 11.6 Å². The molecule has 0 saturated carbocycles. The van der Waals surface area contributed by atoms with Gasteiger partial charge in [0.1, 0.15) is 5.75 Å². The lowest BCUT2D eigenvalue weighted by molar-refractivity contribution is 0.123. The smallest absolute Gasteiger partial charge is 0.223 e. The van der Waals surface area contributed by atoms with Crippen molar-refractivity contribution in [2.24, 2.45) is 0 Å². The first-order valence-electron chi connectivity index (χ1n) is 13.6. The average molecular weight is 510 g/mol. The van der Waals surface area contributed by atoms with Gasteiger partial charge in [-0.1, -0.05) is 36.4 Å². The Morgan fingerprint density at radius 1 is 0.947 bits per heavy atom. The van der Waals surface area contributed by atoms with E-state index in [4.69, 9.17) is 14.5 Å². The van der Waals surface area contributed by atoms with Gasteiger partial charge in [-0.15, -0.1) is 0 Å². The van der Waals surface area contributed by atoms with Crippen LogP contribution in [0.15, 0.2) is 72.9 Å². The van der Waals surface area contributed by atoms with Gasteiger partial charge in [-0.25, -0.2) is 9.97 Å². The molecule has 0 bridgehead atoms. The summed E-state index contributed by atoms with van der Waals surface area (Å²) in [5, 5.41) is 5.97. The molecule has 0 unspecified atom stereocenters. The highest BCUT2D eigenvalue weighted by molar-refractivity contribution is 5.98. The number of fused-ring (bicyclic) bond motifs is 1. The third kappa shape index (κ3) is 5.59. The van der Waals surface area contributed by atoms with E-state index < -0.39 is 0 Å². The number of rotatable bonds is 7. The second-order valence-corrected chi connectivity index (χ2v) is 10.1. The van der Waals surface area contributed by atoms with E-state index in [-0.39, 0.29) is 0 Å². The van der Waals surface area contributed by atoms with E-state index in [1.54, 1.807) is 7.11 Å². The molecule has 1 N–H and O–H groups in total. The number of likely N-dealkylation sites (tertiary alicyclic amines) is 1. The number of aromatic nitrogens is 2. The van der Waals surface area contributed by atoms with Crippen LogP contribution in [-0.4, -0.2) is 67.4 Å². The minimum atomic E-state index is 0.380. The number of piperidine rings is 1. The molecule has 0 atom stereocenters. The Bertz CT molecular complexity index is 1370. The molecule has 6 rings (SSSR count). The molecular weight excluding hydrogens is 474 g/mol. The molecule has 2 aliphatic rings. The number of nitrogens with zero attached hydrogens (tertiary/aromatic N) is 4. The molecule has 2 fully saturated rings. The van der Waals surface area contributed by atoms with Gasteiger partial charge in [0.05, 0.1) is 26.0 Å². The minimum Gasteiger partial charge on any atom is -0.497 e. The Morgan fingerprint density at radius 2 is 1.76 bits per heavy atom. The van der Waals surface area contributed by atoms with Crippen molar-refractivity contribution >= 4 is 22.4 Å². The van der Waals surface area contributed by atoms with Gasteiger partial charge in [0, 0.05) is 61.6 Å². The number of benzene rings is 3. The van der Waals surface area contributed by atoms with E-state index in [2.05, 4.69) is 74.7 Å². The SMILES string of the molecule is COc1ccc2cc(-c3ccnc(NC4CCN(Cc5ccccc5)CC4)n3)cc(N3CCOCC3)c2c1. The molecule has 0 aliphatic carbocycles. The van der Waals surface area contributed by atoms with E-state index in [0.717, 1.165) is 75.8 Å². The summed E-state index contributed by atoms with van der Waals surface area (Å²) in [5.74, 6) is 1.56. The predicted molar refractivity (Wildman–Crippen MR) is 153 cm³/mol. The molecule has 1 aromatic heterocycles. The lowest BCUT2D eigenvalue weighted by Crippen LogP contribution is -2.38. The molecule has 196 valence electrons. The van der Waals surface area contributed by atoms with Crippen molar-refractivity contribution in [2.75, 3.05) is 56.7 Å². The zero-order chi connectivity index (χ0) is 25.7. The van der Waals surface area contributed by atoms with Gasteiger partial charge in [-0.3, -0.25) is 4.90 Å². The summed E-state index contributed by atoms with van der Waals surface area (Å²) in [7, 11) is 1.71. The summed E-state index contributed by atoms with van der Waals surface area (Å²) in [6.07, 6.45) is 4.03. The van der Waals surface area contributed by atoms with E-state index in [0.29, 0.717) is 12.0 Å². The lowest BCUT2D eigenvalue weighted by Gasteiger charge is -2.32. The number of nitrogens with one attached hydrogen (secondary N) is 1. The van der Waals surface area contributed by atoms with Gasteiger partial charge in [-0.2, -0.15) is 0 Å². The molecule has 4 aromatic rings. The van der Waals surface area contributed by atoms with Gasteiger partial charge >= 0.3 is 0 Å². The maximum Gasteiger partial charge on any atom is 0.223 e. The summed E-state index contributed by atoms with van der Waals surface area (Å²) in [6, 6.07) is 23.8. The Balaban J connectivity index is 1.20. The van der Waals surface area contributed by atoms with Gasteiger partial charge in [-0.05, 0) is 54.1 Å². The van der Waals surface area contributed by atoms with Crippen LogP contribution in [0.2, 0.25) is 0 Å². The number of ether oxygens (including phenoxy) is 2. The molecule has 3 aromatic carbocycles. The number of methoxy groups -OCH3 is 1. The quantitative estimate of drug-likeness (QED) is 0.367.